The minimum Gasteiger partial charge on any atom is -0.494 e. The van der Waals surface area contributed by atoms with E-state index in [9.17, 15) is 9.59 Å². The third-order valence-corrected chi connectivity index (χ3v) is 4.47. The number of nitrogens with zero attached hydrogens (tertiary/aromatic N) is 2. The highest BCUT2D eigenvalue weighted by molar-refractivity contribution is 5.93. The first kappa shape index (κ1) is 19.9. The average Bonchev–Trinajstić information content (AvgIpc) is 2.73. The lowest BCUT2D eigenvalue weighted by atomic mass is 10.1. The van der Waals surface area contributed by atoms with Gasteiger partial charge in [0, 0.05) is 17.8 Å². The van der Waals surface area contributed by atoms with Crippen LogP contribution in [0.5, 0.6) is 5.75 Å². The van der Waals surface area contributed by atoms with Crippen LogP contribution in [-0.4, -0.2) is 17.1 Å². The van der Waals surface area contributed by atoms with Crippen LogP contribution in [0.2, 0.25) is 0 Å². The van der Waals surface area contributed by atoms with E-state index in [-0.39, 0.29) is 12.1 Å². The summed E-state index contributed by atoms with van der Waals surface area (Å²) in [6.45, 7) is 4.44. The lowest BCUT2D eigenvalue weighted by Crippen LogP contribution is -2.33. The van der Waals surface area contributed by atoms with E-state index in [1.807, 2.05) is 31.2 Å². The van der Waals surface area contributed by atoms with Gasteiger partial charge in [0.2, 0.25) is 0 Å². The Morgan fingerprint density at radius 2 is 1.93 bits per heavy atom. The summed E-state index contributed by atoms with van der Waals surface area (Å²) in [6.07, 6.45) is 0. The lowest BCUT2D eigenvalue weighted by Gasteiger charge is -2.13. The molecular formula is C23H21N3O3. The van der Waals surface area contributed by atoms with Crippen LogP contribution in [0.1, 0.15) is 34.1 Å². The quantitative estimate of drug-likeness (QED) is 0.703. The van der Waals surface area contributed by atoms with E-state index < -0.39 is 11.5 Å². The number of hydrogen-bond acceptors (Lipinski definition) is 4. The van der Waals surface area contributed by atoms with Gasteiger partial charge in [0.05, 0.1) is 23.9 Å². The van der Waals surface area contributed by atoms with Crippen LogP contribution < -0.4 is 15.6 Å². The smallest absolute Gasteiger partial charge is 0.268 e. The van der Waals surface area contributed by atoms with Crippen molar-refractivity contribution < 1.29 is 9.53 Å². The van der Waals surface area contributed by atoms with Gasteiger partial charge in [-0.1, -0.05) is 24.3 Å². The monoisotopic (exact) mass is 387 g/mol. The number of rotatable bonds is 6. The summed E-state index contributed by atoms with van der Waals surface area (Å²) >= 11 is 0. The van der Waals surface area contributed by atoms with Crippen LogP contribution in [-0.2, 0) is 6.54 Å². The number of pyridine rings is 1. The minimum absolute atomic E-state index is 0.0341. The number of amides is 1. The van der Waals surface area contributed by atoms with Crippen molar-refractivity contribution in [3.05, 3.63) is 93.4 Å². The molecule has 0 aliphatic rings. The van der Waals surface area contributed by atoms with Crippen LogP contribution in [0.3, 0.4) is 0 Å². The number of carbonyl (C=O) groups excluding carboxylic acids is 1. The zero-order chi connectivity index (χ0) is 20.8. The van der Waals surface area contributed by atoms with Gasteiger partial charge in [0.1, 0.15) is 11.3 Å². The summed E-state index contributed by atoms with van der Waals surface area (Å²) in [5.74, 6) is 0.233. The Morgan fingerprint density at radius 3 is 2.69 bits per heavy atom. The van der Waals surface area contributed by atoms with Crippen LogP contribution >= 0.6 is 0 Å². The Bertz CT molecular complexity index is 1140. The van der Waals surface area contributed by atoms with Crippen LogP contribution in [0.4, 0.5) is 0 Å². The SMILES string of the molecule is CCOc1ccccc1CNC(=O)c1ccc(C)n(-c2cccc(C#N)c2)c1=O. The fourth-order valence-electron chi connectivity index (χ4n) is 3.06. The molecule has 1 heterocycles. The van der Waals surface area contributed by atoms with Gasteiger partial charge in [-0.3, -0.25) is 14.2 Å². The Morgan fingerprint density at radius 1 is 1.14 bits per heavy atom. The summed E-state index contributed by atoms with van der Waals surface area (Å²) < 4.78 is 7.00. The molecule has 0 fully saturated rings. The summed E-state index contributed by atoms with van der Waals surface area (Å²) in [5.41, 5.74) is 2.09. The number of para-hydroxylation sites is 1. The maximum absolute atomic E-state index is 13.0. The first-order valence-electron chi connectivity index (χ1n) is 9.27. The van der Waals surface area contributed by atoms with Crippen molar-refractivity contribution in [2.75, 3.05) is 6.61 Å². The lowest BCUT2D eigenvalue weighted by molar-refractivity contribution is 0.0949. The molecular weight excluding hydrogens is 366 g/mol. The molecule has 0 unspecified atom stereocenters. The molecule has 0 aliphatic carbocycles. The molecule has 1 N–H and O–H groups in total. The van der Waals surface area contributed by atoms with E-state index in [4.69, 9.17) is 10.00 Å². The molecule has 3 aromatic rings. The first-order chi connectivity index (χ1) is 14.0. The van der Waals surface area contributed by atoms with Crippen LogP contribution in [0, 0.1) is 18.3 Å². The molecule has 0 saturated heterocycles. The Labute approximate surface area is 169 Å². The van der Waals surface area contributed by atoms with Crippen LogP contribution in [0.25, 0.3) is 5.69 Å². The number of nitrogens with one attached hydrogen (secondary N) is 1. The average molecular weight is 387 g/mol. The van der Waals surface area contributed by atoms with E-state index in [0.717, 1.165) is 5.56 Å². The largest absolute Gasteiger partial charge is 0.494 e. The third kappa shape index (κ3) is 4.36. The highest BCUT2D eigenvalue weighted by Gasteiger charge is 2.15. The molecule has 2 aromatic carbocycles. The van der Waals surface area contributed by atoms with Crippen molar-refractivity contribution in [3.8, 4) is 17.5 Å². The van der Waals surface area contributed by atoms with Crippen molar-refractivity contribution in [1.82, 2.24) is 9.88 Å². The summed E-state index contributed by atoms with van der Waals surface area (Å²) in [4.78, 5) is 25.7. The highest BCUT2D eigenvalue weighted by Crippen LogP contribution is 2.18. The first-order valence-corrected chi connectivity index (χ1v) is 9.27. The van der Waals surface area contributed by atoms with Crippen molar-refractivity contribution >= 4 is 5.91 Å². The van der Waals surface area contributed by atoms with Crippen molar-refractivity contribution in [3.63, 3.8) is 0 Å². The Balaban J connectivity index is 1.89. The second-order valence-corrected chi connectivity index (χ2v) is 6.41. The molecule has 0 aliphatic heterocycles. The fourth-order valence-corrected chi connectivity index (χ4v) is 3.06. The molecule has 0 radical (unpaired) electrons. The highest BCUT2D eigenvalue weighted by atomic mass is 16.5. The predicted octanol–water partition coefficient (Wildman–Crippen LogP) is 3.35. The maximum atomic E-state index is 13.0. The third-order valence-electron chi connectivity index (χ3n) is 4.47. The van der Waals surface area contributed by atoms with E-state index in [1.165, 1.54) is 10.6 Å². The van der Waals surface area contributed by atoms with E-state index in [0.29, 0.717) is 29.3 Å². The number of hydrogen-bond donors (Lipinski definition) is 1. The molecule has 1 aromatic heterocycles. The number of benzene rings is 2. The van der Waals surface area contributed by atoms with Gasteiger partial charge in [-0.15, -0.1) is 0 Å². The van der Waals surface area contributed by atoms with Gasteiger partial charge in [-0.05, 0) is 50.2 Å². The molecule has 0 spiro atoms. The summed E-state index contributed by atoms with van der Waals surface area (Å²) in [6, 6.07) is 19.5. The minimum atomic E-state index is -0.466. The zero-order valence-electron chi connectivity index (χ0n) is 16.3. The van der Waals surface area contributed by atoms with Gasteiger partial charge < -0.3 is 10.1 Å². The van der Waals surface area contributed by atoms with Crippen molar-refractivity contribution in [2.24, 2.45) is 0 Å². The van der Waals surface area contributed by atoms with Crippen molar-refractivity contribution in [1.29, 1.82) is 5.26 Å². The molecule has 0 saturated carbocycles. The standard InChI is InChI=1S/C23H21N3O3/c1-3-29-21-10-5-4-8-18(21)15-25-22(27)20-12-11-16(2)26(23(20)28)19-9-6-7-17(13-19)14-24/h4-13H,3,15H2,1-2H3,(H,25,27). The van der Waals surface area contributed by atoms with Crippen molar-refractivity contribution in [2.45, 2.75) is 20.4 Å². The second kappa shape index (κ2) is 8.89. The van der Waals surface area contributed by atoms with Gasteiger partial charge in [0.15, 0.2) is 0 Å². The molecule has 6 nitrogen and oxygen atoms in total. The van der Waals surface area contributed by atoms with Gasteiger partial charge >= 0.3 is 0 Å². The van der Waals surface area contributed by atoms with Crippen LogP contribution in [0.15, 0.2) is 65.5 Å². The summed E-state index contributed by atoms with van der Waals surface area (Å²) in [5, 5.41) is 11.9. The molecule has 1 amide bonds. The normalized spacial score (nSPS) is 10.2. The summed E-state index contributed by atoms with van der Waals surface area (Å²) in [7, 11) is 0. The molecule has 146 valence electrons. The van der Waals surface area contributed by atoms with E-state index in [2.05, 4.69) is 11.4 Å². The Hall–Kier alpha value is -3.85. The predicted molar refractivity (Wildman–Crippen MR) is 110 cm³/mol. The molecule has 0 atom stereocenters. The maximum Gasteiger partial charge on any atom is 0.268 e. The molecule has 3 rings (SSSR count). The Kier molecular flexibility index (Phi) is 6.10. The number of carbonyl (C=O) groups is 1. The number of aryl methyl sites for hydroxylation is 1. The second-order valence-electron chi connectivity index (χ2n) is 6.41. The number of ether oxygens (including phenoxy) is 1. The number of aromatic nitrogens is 1. The van der Waals surface area contributed by atoms with E-state index >= 15 is 0 Å². The number of nitriles is 1. The zero-order valence-corrected chi connectivity index (χ0v) is 16.3. The topological polar surface area (TPSA) is 84.1 Å². The molecule has 29 heavy (non-hydrogen) atoms. The van der Waals surface area contributed by atoms with E-state index in [1.54, 1.807) is 37.3 Å². The fraction of sp³-hybridized carbons (Fsp3) is 0.174. The van der Waals surface area contributed by atoms with Gasteiger partial charge in [0.25, 0.3) is 11.5 Å². The molecule has 0 bridgehead atoms. The van der Waals surface area contributed by atoms with Gasteiger partial charge in [-0.25, -0.2) is 0 Å². The van der Waals surface area contributed by atoms with Gasteiger partial charge in [-0.2, -0.15) is 5.26 Å². The molecule has 6 heteroatoms.